The van der Waals surface area contributed by atoms with Gasteiger partial charge >= 0.3 is 0 Å². The zero-order valence-corrected chi connectivity index (χ0v) is 17.7. The van der Waals surface area contributed by atoms with Crippen LogP contribution in [0.4, 0.5) is 0 Å². The maximum Gasteiger partial charge on any atom is 0.241 e. The molecule has 2 aromatic rings. The molecule has 0 heterocycles. The van der Waals surface area contributed by atoms with Crippen molar-refractivity contribution in [3.8, 4) is 0 Å². The highest BCUT2D eigenvalue weighted by Gasteiger charge is 2.25. The minimum atomic E-state index is -3.68. The number of hydrogen-bond acceptors (Lipinski definition) is 3. The van der Waals surface area contributed by atoms with E-state index in [0.717, 1.165) is 33.4 Å². The quantitative estimate of drug-likeness (QED) is 0.780. The Morgan fingerprint density at radius 1 is 0.962 bits per heavy atom. The van der Waals surface area contributed by atoms with Gasteiger partial charge < -0.3 is 4.74 Å². The van der Waals surface area contributed by atoms with Crippen molar-refractivity contribution < 1.29 is 13.2 Å². The van der Waals surface area contributed by atoms with Crippen LogP contribution in [0.5, 0.6) is 0 Å². The van der Waals surface area contributed by atoms with E-state index in [-0.39, 0.29) is 6.54 Å². The maximum absolute atomic E-state index is 13.0. The first kappa shape index (κ1) is 20.9. The molecule has 1 unspecified atom stereocenters. The predicted octanol–water partition coefficient (Wildman–Crippen LogP) is 4.55. The standard InChI is InChI=1S/C20H26ClNO3S/c1-12-13(2)15(4)20(16(5)14(12)3)26(23,24)22-11-19(25-6)17-9-7-8-10-18(17)21/h7-10,19,22H,11H2,1-6H3. The molecule has 2 aromatic carbocycles. The fourth-order valence-corrected chi connectivity index (χ4v) is 5.07. The fraction of sp³-hybridized carbons (Fsp3) is 0.400. The van der Waals surface area contributed by atoms with Crippen molar-refractivity contribution in [2.45, 2.75) is 45.6 Å². The Bertz CT molecular complexity index is 894. The monoisotopic (exact) mass is 395 g/mol. The number of sulfonamides is 1. The lowest BCUT2D eigenvalue weighted by molar-refractivity contribution is 0.107. The number of methoxy groups -OCH3 is 1. The SMILES string of the molecule is COC(CNS(=O)(=O)c1c(C)c(C)c(C)c(C)c1C)c1ccccc1Cl. The smallest absolute Gasteiger partial charge is 0.241 e. The van der Waals surface area contributed by atoms with Crippen LogP contribution in [0.1, 0.15) is 39.5 Å². The van der Waals surface area contributed by atoms with Gasteiger partial charge in [-0.3, -0.25) is 0 Å². The van der Waals surface area contributed by atoms with Gasteiger partial charge in [0.25, 0.3) is 0 Å². The van der Waals surface area contributed by atoms with Crippen LogP contribution in [0.25, 0.3) is 0 Å². The van der Waals surface area contributed by atoms with E-state index >= 15 is 0 Å². The molecule has 0 amide bonds. The lowest BCUT2D eigenvalue weighted by Crippen LogP contribution is -2.31. The zero-order valence-electron chi connectivity index (χ0n) is 16.1. The van der Waals surface area contributed by atoms with Gasteiger partial charge in [0.1, 0.15) is 0 Å². The van der Waals surface area contributed by atoms with Crippen LogP contribution in [-0.2, 0) is 14.8 Å². The summed E-state index contributed by atoms with van der Waals surface area (Å²) in [4.78, 5) is 0.354. The maximum atomic E-state index is 13.0. The third-order valence-electron chi connectivity index (χ3n) is 5.20. The molecule has 0 bridgehead atoms. The van der Waals surface area contributed by atoms with Crippen LogP contribution in [0.15, 0.2) is 29.2 Å². The Balaban J connectivity index is 2.37. The lowest BCUT2D eigenvalue weighted by Gasteiger charge is -2.21. The molecular weight excluding hydrogens is 370 g/mol. The van der Waals surface area contributed by atoms with Crippen molar-refractivity contribution in [2.75, 3.05) is 13.7 Å². The molecule has 0 aliphatic carbocycles. The highest BCUT2D eigenvalue weighted by Crippen LogP contribution is 2.30. The number of benzene rings is 2. The summed E-state index contributed by atoms with van der Waals surface area (Å²) >= 11 is 6.22. The summed E-state index contributed by atoms with van der Waals surface area (Å²) in [6.45, 7) is 9.74. The third-order valence-corrected chi connectivity index (χ3v) is 7.24. The first-order valence-corrected chi connectivity index (χ1v) is 10.3. The van der Waals surface area contributed by atoms with Gasteiger partial charge in [0.2, 0.25) is 10.0 Å². The number of hydrogen-bond donors (Lipinski definition) is 1. The summed E-state index contributed by atoms with van der Waals surface area (Å²) in [5, 5.41) is 0.549. The number of rotatable bonds is 6. The van der Waals surface area contributed by atoms with Crippen molar-refractivity contribution in [2.24, 2.45) is 0 Å². The first-order chi connectivity index (χ1) is 12.1. The first-order valence-electron chi connectivity index (χ1n) is 8.45. The Kier molecular flexibility index (Phi) is 6.51. The molecular formula is C20H26ClNO3S. The van der Waals surface area contributed by atoms with Gasteiger partial charge in [0.15, 0.2) is 0 Å². The molecule has 0 saturated carbocycles. The minimum absolute atomic E-state index is 0.105. The van der Waals surface area contributed by atoms with Crippen LogP contribution in [0, 0.1) is 34.6 Å². The molecule has 0 spiro atoms. The van der Waals surface area contributed by atoms with Crippen molar-refractivity contribution >= 4 is 21.6 Å². The predicted molar refractivity (Wildman–Crippen MR) is 107 cm³/mol. The molecule has 142 valence electrons. The van der Waals surface area contributed by atoms with Gasteiger partial charge in [-0.05, 0) is 68.5 Å². The van der Waals surface area contributed by atoms with E-state index in [1.54, 1.807) is 13.2 Å². The highest BCUT2D eigenvalue weighted by molar-refractivity contribution is 7.89. The number of halogens is 1. The van der Waals surface area contributed by atoms with Crippen molar-refractivity contribution in [1.82, 2.24) is 4.72 Å². The van der Waals surface area contributed by atoms with Crippen LogP contribution < -0.4 is 4.72 Å². The van der Waals surface area contributed by atoms with Gasteiger partial charge in [-0.2, -0.15) is 0 Å². The number of nitrogens with one attached hydrogen (secondary N) is 1. The van der Waals surface area contributed by atoms with Crippen molar-refractivity contribution in [1.29, 1.82) is 0 Å². The minimum Gasteiger partial charge on any atom is -0.375 e. The van der Waals surface area contributed by atoms with Gasteiger partial charge in [0.05, 0.1) is 11.0 Å². The molecule has 0 aromatic heterocycles. The van der Waals surface area contributed by atoms with Crippen LogP contribution in [0.2, 0.25) is 5.02 Å². The summed E-state index contributed by atoms with van der Waals surface area (Å²) in [7, 11) is -2.14. The summed E-state index contributed by atoms with van der Waals surface area (Å²) in [5.74, 6) is 0. The topological polar surface area (TPSA) is 55.4 Å². The second-order valence-corrected chi connectivity index (χ2v) is 8.66. The van der Waals surface area contributed by atoms with E-state index in [2.05, 4.69) is 4.72 Å². The van der Waals surface area contributed by atoms with Crippen molar-refractivity contribution in [3.63, 3.8) is 0 Å². The highest BCUT2D eigenvalue weighted by atomic mass is 35.5. The second-order valence-electron chi connectivity index (χ2n) is 6.55. The average molecular weight is 396 g/mol. The second kappa shape index (κ2) is 8.09. The summed E-state index contributed by atoms with van der Waals surface area (Å²) in [5.41, 5.74) is 5.45. The molecule has 0 saturated heterocycles. The molecule has 4 nitrogen and oxygen atoms in total. The van der Waals surface area contributed by atoms with E-state index in [4.69, 9.17) is 16.3 Å². The summed E-state index contributed by atoms with van der Waals surface area (Å²) in [6, 6.07) is 7.27. The van der Waals surface area contributed by atoms with Crippen LogP contribution in [0.3, 0.4) is 0 Å². The average Bonchev–Trinajstić information content (AvgIpc) is 2.60. The van der Waals surface area contributed by atoms with Crippen molar-refractivity contribution in [3.05, 3.63) is 62.7 Å². The molecule has 26 heavy (non-hydrogen) atoms. The summed E-state index contributed by atoms with van der Waals surface area (Å²) in [6.07, 6.45) is -0.466. The van der Waals surface area contributed by atoms with E-state index in [1.807, 2.05) is 52.8 Å². The molecule has 0 aliphatic heterocycles. The van der Waals surface area contributed by atoms with Gasteiger partial charge in [-0.15, -0.1) is 0 Å². The van der Waals surface area contributed by atoms with E-state index < -0.39 is 16.1 Å². The molecule has 6 heteroatoms. The van der Waals surface area contributed by atoms with Gasteiger partial charge in [-0.1, -0.05) is 29.8 Å². The Labute approximate surface area is 161 Å². The Hall–Kier alpha value is -1.40. The molecule has 1 atom stereocenters. The fourth-order valence-electron chi connectivity index (χ4n) is 3.18. The lowest BCUT2D eigenvalue weighted by atomic mass is 9.95. The molecule has 0 radical (unpaired) electrons. The summed E-state index contributed by atoms with van der Waals surface area (Å²) < 4.78 is 34.2. The molecule has 0 aliphatic rings. The van der Waals surface area contributed by atoms with Gasteiger partial charge in [-0.25, -0.2) is 13.1 Å². The Morgan fingerprint density at radius 3 is 1.96 bits per heavy atom. The normalized spacial score (nSPS) is 13.0. The van der Waals surface area contributed by atoms with Crippen LogP contribution >= 0.6 is 11.6 Å². The largest absolute Gasteiger partial charge is 0.375 e. The molecule has 1 N–H and O–H groups in total. The molecule has 0 fully saturated rings. The zero-order chi connectivity index (χ0) is 19.6. The van der Waals surface area contributed by atoms with E-state index in [0.29, 0.717) is 9.92 Å². The van der Waals surface area contributed by atoms with E-state index in [1.165, 1.54) is 0 Å². The Morgan fingerprint density at radius 2 is 1.46 bits per heavy atom. The third kappa shape index (κ3) is 3.96. The van der Waals surface area contributed by atoms with E-state index in [9.17, 15) is 8.42 Å². The van der Waals surface area contributed by atoms with Gasteiger partial charge in [0, 0.05) is 24.2 Å². The number of ether oxygens (including phenoxy) is 1. The molecule has 2 rings (SSSR count). The van der Waals surface area contributed by atoms with Crippen LogP contribution in [-0.4, -0.2) is 22.1 Å².